The third-order valence-corrected chi connectivity index (χ3v) is 4.43. The quantitative estimate of drug-likeness (QED) is 0.872. The molecule has 0 aliphatic carbocycles. The highest BCUT2D eigenvalue weighted by Crippen LogP contribution is 2.38. The molecule has 0 saturated carbocycles. The van der Waals surface area contributed by atoms with Crippen LogP contribution in [0.15, 0.2) is 24.3 Å². The summed E-state index contributed by atoms with van der Waals surface area (Å²) < 4.78 is 38.7. The number of amides is 1. The van der Waals surface area contributed by atoms with Crippen molar-refractivity contribution >= 4 is 23.5 Å². The minimum absolute atomic E-state index is 0.0829. The van der Waals surface area contributed by atoms with Crippen molar-refractivity contribution in [1.82, 2.24) is 4.90 Å². The molecule has 8 heteroatoms. The second kappa shape index (κ2) is 7.42. The molecule has 0 radical (unpaired) electrons. The van der Waals surface area contributed by atoms with Crippen LogP contribution in [0, 0.1) is 11.8 Å². The molecule has 1 saturated heterocycles. The number of likely N-dealkylation sites (tertiary alicyclic amines) is 1. The Hall–Kier alpha value is -1.76. The van der Waals surface area contributed by atoms with Crippen molar-refractivity contribution in [1.29, 1.82) is 0 Å². The van der Waals surface area contributed by atoms with Crippen molar-refractivity contribution in [2.24, 2.45) is 11.8 Å². The fraction of sp³-hybridized carbons (Fsp3) is 0.500. The molecule has 4 nitrogen and oxygen atoms in total. The molecule has 1 heterocycles. The van der Waals surface area contributed by atoms with Crippen LogP contribution in [0.2, 0.25) is 5.02 Å². The van der Waals surface area contributed by atoms with Crippen LogP contribution in [-0.4, -0.2) is 41.1 Å². The number of carbonyl (C=O) groups excluding carboxylic acids is 1. The Balaban J connectivity index is 1.88. The van der Waals surface area contributed by atoms with Gasteiger partial charge in [0.05, 0.1) is 11.8 Å². The number of carbonyl (C=O) groups is 2. The summed E-state index contributed by atoms with van der Waals surface area (Å²) >= 11 is 5.77. The second-order valence-electron chi connectivity index (χ2n) is 5.87. The normalized spacial score (nSPS) is 21.1. The maximum atomic E-state index is 12.9. The van der Waals surface area contributed by atoms with E-state index in [1.54, 1.807) is 12.1 Å². The third kappa shape index (κ3) is 4.63. The zero-order valence-electron chi connectivity index (χ0n) is 12.7. The zero-order chi connectivity index (χ0) is 17.9. The minimum Gasteiger partial charge on any atom is -0.481 e. The molecular weight excluding hydrogens is 347 g/mol. The first-order valence-electron chi connectivity index (χ1n) is 7.50. The van der Waals surface area contributed by atoms with E-state index >= 15 is 0 Å². The van der Waals surface area contributed by atoms with Gasteiger partial charge in [0.1, 0.15) is 0 Å². The Morgan fingerprint density at radius 3 is 2.33 bits per heavy atom. The van der Waals surface area contributed by atoms with Crippen molar-refractivity contribution in [3.63, 3.8) is 0 Å². The van der Waals surface area contributed by atoms with E-state index in [0.717, 1.165) is 10.5 Å². The molecule has 2 atom stereocenters. The number of nitrogens with zero attached hydrogens (tertiary/aromatic N) is 1. The number of aliphatic carboxylic acids is 1. The molecule has 1 fully saturated rings. The van der Waals surface area contributed by atoms with Gasteiger partial charge >= 0.3 is 12.1 Å². The molecule has 0 bridgehead atoms. The molecule has 132 valence electrons. The molecule has 1 N–H and O–H groups in total. The van der Waals surface area contributed by atoms with Crippen molar-refractivity contribution in [3.05, 3.63) is 34.9 Å². The second-order valence-corrected chi connectivity index (χ2v) is 6.31. The molecule has 2 rings (SSSR count). The van der Waals surface area contributed by atoms with Crippen molar-refractivity contribution in [2.45, 2.75) is 25.4 Å². The monoisotopic (exact) mass is 363 g/mol. The number of carboxylic acid groups (broad SMARTS) is 1. The smallest absolute Gasteiger partial charge is 0.394 e. The first-order valence-corrected chi connectivity index (χ1v) is 7.88. The number of benzene rings is 1. The lowest BCUT2D eigenvalue weighted by atomic mass is 9.96. The van der Waals surface area contributed by atoms with Gasteiger partial charge in [-0.25, -0.2) is 0 Å². The van der Waals surface area contributed by atoms with E-state index in [4.69, 9.17) is 16.7 Å². The van der Waals surface area contributed by atoms with Crippen molar-refractivity contribution < 1.29 is 27.9 Å². The van der Waals surface area contributed by atoms with E-state index < -0.39 is 36.4 Å². The fourth-order valence-electron chi connectivity index (χ4n) is 2.84. The SMILES string of the molecule is O=C(O)[C@@H]1CN(C(=O)CCCc2ccc(Cl)cc2)C[C@H]1C(F)(F)F. The Labute approximate surface area is 142 Å². The van der Waals surface area contributed by atoms with E-state index in [0.29, 0.717) is 17.9 Å². The zero-order valence-corrected chi connectivity index (χ0v) is 13.5. The molecule has 0 unspecified atom stereocenters. The first kappa shape index (κ1) is 18.6. The van der Waals surface area contributed by atoms with Crippen molar-refractivity contribution in [2.75, 3.05) is 13.1 Å². The van der Waals surface area contributed by atoms with Crippen LogP contribution in [0.4, 0.5) is 13.2 Å². The molecule has 1 amide bonds. The van der Waals surface area contributed by atoms with E-state index in [1.807, 2.05) is 12.1 Å². The lowest BCUT2D eigenvalue weighted by molar-refractivity contribution is -0.188. The van der Waals surface area contributed by atoms with Gasteiger partial charge < -0.3 is 10.0 Å². The van der Waals surface area contributed by atoms with Gasteiger partial charge in [0, 0.05) is 24.5 Å². The van der Waals surface area contributed by atoms with Crippen molar-refractivity contribution in [3.8, 4) is 0 Å². The molecular formula is C16H17ClF3NO3. The summed E-state index contributed by atoms with van der Waals surface area (Å²) in [4.78, 5) is 24.1. The van der Waals surface area contributed by atoms with Gasteiger partial charge in [-0.05, 0) is 30.5 Å². The molecule has 1 aliphatic heterocycles. The van der Waals surface area contributed by atoms with Crippen LogP contribution in [0.1, 0.15) is 18.4 Å². The molecule has 1 aromatic carbocycles. The Morgan fingerprint density at radius 1 is 1.21 bits per heavy atom. The maximum Gasteiger partial charge on any atom is 0.394 e. The Morgan fingerprint density at radius 2 is 1.83 bits per heavy atom. The lowest BCUT2D eigenvalue weighted by Crippen LogP contribution is -2.34. The van der Waals surface area contributed by atoms with Crippen LogP contribution in [0.25, 0.3) is 0 Å². The Kier molecular flexibility index (Phi) is 5.74. The van der Waals surface area contributed by atoms with Gasteiger partial charge in [-0.2, -0.15) is 13.2 Å². The van der Waals surface area contributed by atoms with Crippen LogP contribution in [0.5, 0.6) is 0 Å². The van der Waals surface area contributed by atoms with E-state index in [1.165, 1.54) is 0 Å². The number of aryl methyl sites for hydroxylation is 1. The highest BCUT2D eigenvalue weighted by Gasteiger charge is 2.53. The lowest BCUT2D eigenvalue weighted by Gasteiger charge is -2.18. The molecule has 1 aliphatic rings. The third-order valence-electron chi connectivity index (χ3n) is 4.18. The largest absolute Gasteiger partial charge is 0.481 e. The number of halogens is 4. The topological polar surface area (TPSA) is 57.6 Å². The van der Waals surface area contributed by atoms with Crippen LogP contribution in [0.3, 0.4) is 0 Å². The fourth-order valence-corrected chi connectivity index (χ4v) is 2.97. The molecule has 0 spiro atoms. The van der Waals surface area contributed by atoms with Gasteiger partial charge in [0.25, 0.3) is 0 Å². The number of rotatable bonds is 5. The van der Waals surface area contributed by atoms with E-state index in [-0.39, 0.29) is 13.0 Å². The van der Waals surface area contributed by atoms with Gasteiger partial charge in [-0.1, -0.05) is 23.7 Å². The molecule has 0 aromatic heterocycles. The van der Waals surface area contributed by atoms with E-state index in [2.05, 4.69) is 0 Å². The summed E-state index contributed by atoms with van der Waals surface area (Å²) in [5.74, 6) is -5.56. The number of hydrogen-bond donors (Lipinski definition) is 1. The highest BCUT2D eigenvalue weighted by atomic mass is 35.5. The van der Waals surface area contributed by atoms with Gasteiger partial charge in [0.2, 0.25) is 5.91 Å². The van der Waals surface area contributed by atoms with E-state index in [9.17, 15) is 22.8 Å². The summed E-state index contributed by atoms with van der Waals surface area (Å²) in [6.07, 6.45) is -3.46. The van der Waals surface area contributed by atoms with Gasteiger partial charge in [-0.3, -0.25) is 9.59 Å². The summed E-state index contributed by atoms with van der Waals surface area (Å²) in [5.41, 5.74) is 0.977. The Bertz CT molecular complexity index is 604. The van der Waals surface area contributed by atoms with Gasteiger partial charge in [-0.15, -0.1) is 0 Å². The summed E-state index contributed by atoms with van der Waals surface area (Å²) in [5, 5.41) is 9.55. The number of carboxylic acids is 1. The summed E-state index contributed by atoms with van der Waals surface area (Å²) in [6, 6.07) is 7.10. The molecule has 24 heavy (non-hydrogen) atoms. The summed E-state index contributed by atoms with van der Waals surface area (Å²) in [7, 11) is 0. The first-order chi connectivity index (χ1) is 11.2. The average molecular weight is 364 g/mol. The predicted octanol–water partition coefficient (Wildman–Crippen LogP) is 3.38. The van der Waals surface area contributed by atoms with Gasteiger partial charge in [0.15, 0.2) is 0 Å². The minimum atomic E-state index is -4.62. The van der Waals surface area contributed by atoms with Crippen LogP contribution in [-0.2, 0) is 16.0 Å². The predicted molar refractivity (Wildman–Crippen MR) is 81.6 cm³/mol. The average Bonchev–Trinajstić information content (AvgIpc) is 2.95. The number of hydrogen-bond acceptors (Lipinski definition) is 2. The standard InChI is InChI=1S/C16H17ClF3NO3/c17-11-6-4-10(5-7-11)2-1-3-14(22)21-8-12(15(23)24)13(9-21)16(18,19)20/h4-7,12-13H,1-3,8-9H2,(H,23,24)/t12-,13-/m1/s1. The van der Waals surface area contributed by atoms with Crippen LogP contribution < -0.4 is 0 Å². The van der Waals surface area contributed by atoms with Crippen LogP contribution >= 0.6 is 11.6 Å². The highest BCUT2D eigenvalue weighted by molar-refractivity contribution is 6.30. The number of alkyl halides is 3. The maximum absolute atomic E-state index is 12.9. The summed E-state index contributed by atoms with van der Waals surface area (Å²) in [6.45, 7) is -0.973. The molecule has 1 aromatic rings.